The van der Waals surface area contributed by atoms with Gasteiger partial charge < -0.3 is 27.4 Å². The van der Waals surface area contributed by atoms with Crippen LogP contribution in [-0.4, -0.2) is 45.2 Å². The Kier molecular flexibility index (Phi) is 9.41. The molecule has 0 unspecified atom stereocenters. The van der Waals surface area contributed by atoms with E-state index in [-0.39, 0.29) is 18.2 Å². The predicted molar refractivity (Wildman–Crippen MR) is 73.0 cm³/mol. The number of nitrogens with one attached hydrogen (secondary N) is 1. The molecular formula is C14H21ClF3N2O-. The Bertz CT molecular complexity index is 400. The molecule has 3 nitrogen and oxygen atoms in total. The van der Waals surface area contributed by atoms with E-state index in [4.69, 9.17) is 4.74 Å². The van der Waals surface area contributed by atoms with Gasteiger partial charge in [-0.15, -0.1) is 0 Å². The number of likely N-dealkylation sites (N-methyl/N-ethyl adjacent to an activating group) is 1. The third-order valence-electron chi connectivity index (χ3n) is 2.66. The quantitative estimate of drug-likeness (QED) is 0.660. The lowest BCUT2D eigenvalue weighted by atomic mass is 10.2. The first-order valence-electron chi connectivity index (χ1n) is 6.55. The predicted octanol–water partition coefficient (Wildman–Crippen LogP) is -0.370. The molecule has 0 fully saturated rings. The molecule has 0 atom stereocenters. The van der Waals surface area contributed by atoms with Crippen LogP contribution in [0.15, 0.2) is 24.3 Å². The molecule has 0 heterocycles. The van der Waals surface area contributed by atoms with E-state index in [2.05, 4.69) is 10.2 Å². The van der Waals surface area contributed by atoms with Crippen molar-refractivity contribution in [2.24, 2.45) is 0 Å². The van der Waals surface area contributed by atoms with Gasteiger partial charge in [0.1, 0.15) is 5.75 Å². The van der Waals surface area contributed by atoms with E-state index >= 15 is 0 Å². The topological polar surface area (TPSA) is 24.5 Å². The summed E-state index contributed by atoms with van der Waals surface area (Å²) < 4.78 is 42.8. The van der Waals surface area contributed by atoms with Crippen molar-refractivity contribution in [3.63, 3.8) is 0 Å². The summed E-state index contributed by atoms with van der Waals surface area (Å²) in [7, 11) is 4.00. The normalized spacial score (nSPS) is 11.3. The minimum Gasteiger partial charge on any atom is -1.00 e. The molecule has 1 aromatic rings. The van der Waals surface area contributed by atoms with Crippen molar-refractivity contribution in [3.05, 3.63) is 29.8 Å². The molecule has 7 heteroatoms. The maximum atomic E-state index is 12.5. The fraction of sp³-hybridized carbons (Fsp3) is 0.571. The van der Waals surface area contributed by atoms with Crippen molar-refractivity contribution >= 4 is 0 Å². The lowest BCUT2D eigenvalue weighted by Crippen LogP contribution is -3.00. The maximum Gasteiger partial charge on any atom is 0.416 e. The van der Waals surface area contributed by atoms with E-state index in [0.717, 1.165) is 38.2 Å². The Morgan fingerprint density at radius 1 is 1.19 bits per heavy atom. The molecule has 0 aliphatic heterocycles. The second kappa shape index (κ2) is 9.87. The number of ether oxygens (including phenoxy) is 1. The lowest BCUT2D eigenvalue weighted by Gasteiger charge is -2.11. The number of nitrogens with zero attached hydrogens (tertiary/aromatic N) is 1. The van der Waals surface area contributed by atoms with E-state index in [0.29, 0.717) is 6.61 Å². The summed E-state index contributed by atoms with van der Waals surface area (Å²) in [6.07, 6.45) is -3.57. The van der Waals surface area contributed by atoms with Gasteiger partial charge in [-0.25, -0.2) is 0 Å². The van der Waals surface area contributed by atoms with Gasteiger partial charge in [-0.1, -0.05) is 6.07 Å². The average Bonchev–Trinajstić information content (AvgIpc) is 2.36. The first-order chi connectivity index (χ1) is 9.39. The molecule has 0 amide bonds. The van der Waals surface area contributed by atoms with Gasteiger partial charge in [0, 0.05) is 13.1 Å². The molecule has 0 radical (unpaired) electrons. The van der Waals surface area contributed by atoms with Crippen LogP contribution < -0.4 is 22.5 Å². The molecule has 1 aromatic carbocycles. The number of alkyl halides is 3. The molecule has 1 N–H and O–H groups in total. The number of hydrogen-bond donors (Lipinski definition) is 1. The van der Waals surface area contributed by atoms with Crippen molar-refractivity contribution in [1.29, 1.82) is 0 Å². The van der Waals surface area contributed by atoms with Gasteiger partial charge in [0.2, 0.25) is 0 Å². The van der Waals surface area contributed by atoms with E-state index in [1.807, 2.05) is 14.1 Å². The molecule has 122 valence electrons. The van der Waals surface area contributed by atoms with Crippen LogP contribution >= 0.6 is 0 Å². The minimum atomic E-state index is -4.33. The van der Waals surface area contributed by atoms with Crippen LogP contribution in [0.2, 0.25) is 0 Å². The summed E-state index contributed by atoms with van der Waals surface area (Å²) in [4.78, 5) is 2.08. The highest BCUT2D eigenvalue weighted by molar-refractivity contribution is 5.30. The third kappa shape index (κ3) is 8.80. The van der Waals surface area contributed by atoms with Gasteiger partial charge in [-0.2, -0.15) is 13.2 Å². The molecule has 0 spiro atoms. The zero-order valence-electron chi connectivity index (χ0n) is 12.2. The van der Waals surface area contributed by atoms with Crippen LogP contribution in [0.1, 0.15) is 12.0 Å². The van der Waals surface area contributed by atoms with Gasteiger partial charge in [-0.3, -0.25) is 0 Å². The van der Waals surface area contributed by atoms with Gasteiger partial charge in [0.25, 0.3) is 0 Å². The molecule has 0 aliphatic carbocycles. The van der Waals surface area contributed by atoms with Crippen LogP contribution in [-0.2, 0) is 6.18 Å². The van der Waals surface area contributed by atoms with Gasteiger partial charge >= 0.3 is 6.18 Å². The maximum absolute atomic E-state index is 12.5. The summed E-state index contributed by atoms with van der Waals surface area (Å²) in [5.74, 6) is 0.258. The Labute approximate surface area is 129 Å². The minimum absolute atomic E-state index is 0. The Morgan fingerprint density at radius 2 is 1.90 bits per heavy atom. The number of benzene rings is 1. The van der Waals surface area contributed by atoms with Crippen molar-refractivity contribution < 1.29 is 30.3 Å². The average molecular weight is 326 g/mol. The van der Waals surface area contributed by atoms with Crippen LogP contribution in [0.4, 0.5) is 13.2 Å². The highest BCUT2D eigenvalue weighted by atomic mass is 35.5. The Balaban J connectivity index is 0.00000400. The summed E-state index contributed by atoms with van der Waals surface area (Å²) in [6.45, 7) is 3.02. The number of hydrogen-bond acceptors (Lipinski definition) is 3. The molecule has 0 aromatic heterocycles. The highest BCUT2D eigenvalue weighted by Crippen LogP contribution is 2.31. The van der Waals surface area contributed by atoms with Crippen molar-refractivity contribution in [2.45, 2.75) is 12.6 Å². The largest absolute Gasteiger partial charge is 1.00 e. The zero-order valence-corrected chi connectivity index (χ0v) is 13.0. The molecule has 1 rings (SSSR count). The monoisotopic (exact) mass is 325 g/mol. The SMILES string of the molecule is CN(C)CCNCCCOc1cccc(C(F)(F)F)c1.[Cl-]. The molecule has 0 saturated heterocycles. The molecular weight excluding hydrogens is 305 g/mol. The molecule has 0 aliphatic rings. The van der Waals surface area contributed by atoms with Crippen molar-refractivity contribution in [2.75, 3.05) is 40.3 Å². The second-order valence-corrected chi connectivity index (χ2v) is 4.78. The van der Waals surface area contributed by atoms with E-state index in [1.54, 1.807) is 0 Å². The summed E-state index contributed by atoms with van der Waals surface area (Å²) in [5, 5.41) is 3.24. The van der Waals surface area contributed by atoms with Crippen molar-refractivity contribution in [1.82, 2.24) is 10.2 Å². The zero-order chi connectivity index (χ0) is 15.0. The number of halogens is 4. The lowest BCUT2D eigenvalue weighted by molar-refractivity contribution is -0.137. The first kappa shape index (κ1) is 20.0. The van der Waals surface area contributed by atoms with Crippen LogP contribution in [0, 0.1) is 0 Å². The van der Waals surface area contributed by atoms with E-state index < -0.39 is 11.7 Å². The van der Waals surface area contributed by atoms with Crippen molar-refractivity contribution in [3.8, 4) is 5.75 Å². The smallest absolute Gasteiger partial charge is 0.416 e. The standard InChI is InChI=1S/C14H21F3N2O.ClH/c1-19(2)9-8-18-7-4-10-20-13-6-3-5-12(11-13)14(15,16)17;/h3,5-6,11,18H,4,7-10H2,1-2H3;1H/p-1. The van der Waals surface area contributed by atoms with Gasteiger partial charge in [-0.05, 0) is 45.3 Å². The third-order valence-corrected chi connectivity index (χ3v) is 2.66. The van der Waals surface area contributed by atoms with Gasteiger partial charge in [0.05, 0.1) is 12.2 Å². The van der Waals surface area contributed by atoms with Gasteiger partial charge in [0.15, 0.2) is 0 Å². The van der Waals surface area contributed by atoms with Crippen LogP contribution in [0.5, 0.6) is 5.75 Å². The second-order valence-electron chi connectivity index (χ2n) is 4.78. The molecule has 21 heavy (non-hydrogen) atoms. The summed E-state index contributed by atoms with van der Waals surface area (Å²) in [5.41, 5.74) is -0.681. The van der Waals surface area contributed by atoms with E-state index in [9.17, 15) is 13.2 Å². The first-order valence-corrected chi connectivity index (χ1v) is 6.55. The number of rotatable bonds is 8. The van der Waals surface area contributed by atoms with E-state index in [1.165, 1.54) is 12.1 Å². The summed E-state index contributed by atoms with van der Waals surface area (Å²) >= 11 is 0. The summed E-state index contributed by atoms with van der Waals surface area (Å²) in [6, 6.07) is 4.96. The Morgan fingerprint density at radius 3 is 2.52 bits per heavy atom. The van der Waals surface area contributed by atoms with Crippen LogP contribution in [0.3, 0.4) is 0 Å². The fourth-order valence-electron chi connectivity index (χ4n) is 1.58. The molecule has 0 saturated carbocycles. The molecule has 0 bridgehead atoms. The van der Waals surface area contributed by atoms with Crippen LogP contribution in [0.25, 0.3) is 0 Å². The highest BCUT2D eigenvalue weighted by Gasteiger charge is 2.30. The fourth-order valence-corrected chi connectivity index (χ4v) is 1.58. The Hall–Kier alpha value is -0.980.